The molecule has 4 nitrogen and oxygen atoms in total. The van der Waals surface area contributed by atoms with Gasteiger partial charge < -0.3 is 16.2 Å². The van der Waals surface area contributed by atoms with Crippen LogP contribution in [-0.4, -0.2) is 30.3 Å². The average Bonchev–Trinajstić information content (AvgIpc) is 2.72. The zero-order valence-corrected chi connectivity index (χ0v) is 6.58. The van der Waals surface area contributed by atoms with Crippen LogP contribution in [0.5, 0.6) is 0 Å². The maximum Gasteiger partial charge on any atom is 0.188 e. The summed E-state index contributed by atoms with van der Waals surface area (Å²) in [6.45, 7) is 0.794. The monoisotopic (exact) mass is 157 g/mol. The van der Waals surface area contributed by atoms with Crippen LogP contribution in [0.2, 0.25) is 0 Å². The number of aliphatic imine (C=N–C) groups is 1. The minimum absolute atomic E-state index is 0.181. The molecule has 4 heteroatoms. The number of hydrogen-bond donors (Lipinski definition) is 3. The molecule has 0 bridgehead atoms. The van der Waals surface area contributed by atoms with Crippen molar-refractivity contribution >= 4 is 5.96 Å². The van der Waals surface area contributed by atoms with Gasteiger partial charge in [0.25, 0.3) is 0 Å². The highest BCUT2D eigenvalue weighted by Gasteiger charge is 2.20. The lowest BCUT2D eigenvalue weighted by atomic mass is 10.5. The molecule has 1 rings (SSSR count). The van der Waals surface area contributed by atoms with Crippen LogP contribution < -0.4 is 11.1 Å². The fourth-order valence-electron chi connectivity index (χ4n) is 0.753. The molecule has 0 aromatic carbocycles. The molecule has 11 heavy (non-hydrogen) atoms. The molecule has 0 heterocycles. The van der Waals surface area contributed by atoms with Crippen LogP contribution in [0.4, 0.5) is 0 Å². The second-order valence-electron chi connectivity index (χ2n) is 2.76. The lowest BCUT2D eigenvalue weighted by Gasteiger charge is -2.01. The van der Waals surface area contributed by atoms with Gasteiger partial charge in [-0.15, -0.1) is 0 Å². The Hall–Kier alpha value is -0.770. The molecule has 1 aliphatic rings. The van der Waals surface area contributed by atoms with E-state index in [0.717, 1.165) is 0 Å². The van der Waals surface area contributed by atoms with E-state index >= 15 is 0 Å². The minimum atomic E-state index is 0.181. The van der Waals surface area contributed by atoms with E-state index in [1.165, 1.54) is 12.8 Å². The second kappa shape index (κ2) is 4.18. The first-order valence-corrected chi connectivity index (χ1v) is 4.00. The normalized spacial score (nSPS) is 18.5. The summed E-state index contributed by atoms with van der Waals surface area (Å²) in [5.74, 6) is 0.515. The fourth-order valence-corrected chi connectivity index (χ4v) is 0.753. The highest BCUT2D eigenvalue weighted by atomic mass is 16.3. The molecule has 0 amide bonds. The molecule has 0 radical (unpaired) electrons. The summed E-state index contributed by atoms with van der Waals surface area (Å²) in [5, 5.41) is 11.5. The molecule has 0 spiro atoms. The minimum Gasteiger partial charge on any atom is -0.396 e. The molecule has 1 aliphatic carbocycles. The summed E-state index contributed by atoms with van der Waals surface area (Å²) >= 11 is 0. The molecule has 0 aliphatic heterocycles. The quantitative estimate of drug-likeness (QED) is 0.291. The van der Waals surface area contributed by atoms with Gasteiger partial charge in [0.2, 0.25) is 0 Å². The summed E-state index contributed by atoms with van der Waals surface area (Å²) in [6, 6.07) is 0.563. The van der Waals surface area contributed by atoms with Crippen LogP contribution in [0.25, 0.3) is 0 Å². The van der Waals surface area contributed by atoms with Crippen LogP contribution in [0.15, 0.2) is 4.99 Å². The number of guanidine groups is 1. The van der Waals surface area contributed by atoms with Crippen LogP contribution in [0, 0.1) is 0 Å². The summed E-state index contributed by atoms with van der Waals surface area (Å²) in [5.41, 5.74) is 5.51. The molecule has 64 valence electrons. The van der Waals surface area contributed by atoms with E-state index in [4.69, 9.17) is 10.8 Å². The van der Waals surface area contributed by atoms with Gasteiger partial charge >= 0.3 is 0 Å². The first-order valence-electron chi connectivity index (χ1n) is 4.00. The Balaban J connectivity index is 2.05. The maximum absolute atomic E-state index is 8.44. The highest BCUT2D eigenvalue weighted by Crippen LogP contribution is 2.17. The second-order valence-corrected chi connectivity index (χ2v) is 2.76. The van der Waals surface area contributed by atoms with Crippen LogP contribution in [0.3, 0.4) is 0 Å². The molecule has 1 saturated carbocycles. The van der Waals surface area contributed by atoms with Crippen molar-refractivity contribution in [2.75, 3.05) is 13.2 Å². The largest absolute Gasteiger partial charge is 0.396 e. The number of nitrogens with zero attached hydrogens (tertiary/aromatic N) is 1. The Morgan fingerprint density at radius 3 is 2.91 bits per heavy atom. The Bertz CT molecular complexity index is 143. The molecule has 0 aromatic heterocycles. The third-order valence-electron chi connectivity index (χ3n) is 1.53. The van der Waals surface area contributed by atoms with Gasteiger partial charge in [-0.05, 0) is 19.3 Å². The number of nitrogens with one attached hydrogen (secondary N) is 1. The van der Waals surface area contributed by atoms with Crippen molar-refractivity contribution in [3.63, 3.8) is 0 Å². The topological polar surface area (TPSA) is 70.6 Å². The maximum atomic E-state index is 8.44. The number of rotatable bonds is 4. The molecule has 0 aromatic rings. The van der Waals surface area contributed by atoms with Gasteiger partial charge in [0.1, 0.15) is 0 Å². The Labute approximate surface area is 66.5 Å². The number of aliphatic hydroxyl groups is 1. The van der Waals surface area contributed by atoms with Crippen molar-refractivity contribution in [2.45, 2.75) is 25.3 Å². The van der Waals surface area contributed by atoms with Crippen molar-refractivity contribution in [2.24, 2.45) is 10.7 Å². The van der Waals surface area contributed by atoms with Gasteiger partial charge in [-0.1, -0.05) is 0 Å². The lowest BCUT2D eigenvalue weighted by molar-refractivity contribution is 0.291. The van der Waals surface area contributed by atoms with Crippen molar-refractivity contribution < 1.29 is 5.11 Å². The summed E-state index contributed by atoms with van der Waals surface area (Å²) in [4.78, 5) is 4.02. The SMILES string of the molecule is NC(=NCCCO)NC1CC1. The predicted octanol–water partition coefficient (Wildman–Crippen LogP) is -0.565. The molecular weight excluding hydrogens is 142 g/mol. The van der Waals surface area contributed by atoms with E-state index in [9.17, 15) is 0 Å². The highest BCUT2D eigenvalue weighted by molar-refractivity contribution is 5.78. The van der Waals surface area contributed by atoms with Crippen molar-refractivity contribution in [3.8, 4) is 0 Å². The molecule has 0 atom stereocenters. The molecular formula is C7H15N3O. The van der Waals surface area contributed by atoms with Gasteiger partial charge in [-0.25, -0.2) is 0 Å². The van der Waals surface area contributed by atoms with Crippen LogP contribution >= 0.6 is 0 Å². The standard InChI is InChI=1S/C7H15N3O/c8-7(9-4-1-5-11)10-6-2-3-6/h6,11H,1-5H2,(H3,8,9,10). The van der Waals surface area contributed by atoms with E-state index in [1.54, 1.807) is 0 Å². The first kappa shape index (κ1) is 8.33. The smallest absolute Gasteiger partial charge is 0.188 e. The van der Waals surface area contributed by atoms with E-state index < -0.39 is 0 Å². The number of aliphatic hydroxyl groups excluding tert-OH is 1. The summed E-state index contributed by atoms with van der Waals surface area (Å²) in [6.07, 6.45) is 3.10. The van der Waals surface area contributed by atoms with E-state index in [-0.39, 0.29) is 6.61 Å². The third kappa shape index (κ3) is 3.83. The first-order chi connectivity index (χ1) is 5.33. The van der Waals surface area contributed by atoms with E-state index in [0.29, 0.717) is 25.0 Å². The summed E-state index contributed by atoms with van der Waals surface area (Å²) in [7, 11) is 0. The number of hydrogen-bond acceptors (Lipinski definition) is 2. The van der Waals surface area contributed by atoms with Crippen LogP contribution in [0.1, 0.15) is 19.3 Å². The average molecular weight is 157 g/mol. The molecule has 0 unspecified atom stereocenters. The van der Waals surface area contributed by atoms with Crippen molar-refractivity contribution in [3.05, 3.63) is 0 Å². The Morgan fingerprint density at radius 1 is 1.64 bits per heavy atom. The Kier molecular flexibility index (Phi) is 3.16. The van der Waals surface area contributed by atoms with E-state index in [1.807, 2.05) is 0 Å². The fraction of sp³-hybridized carbons (Fsp3) is 0.857. The van der Waals surface area contributed by atoms with Gasteiger partial charge in [0.15, 0.2) is 5.96 Å². The third-order valence-corrected chi connectivity index (χ3v) is 1.53. The predicted molar refractivity (Wildman–Crippen MR) is 44.3 cm³/mol. The van der Waals surface area contributed by atoms with Gasteiger partial charge in [-0.2, -0.15) is 0 Å². The molecule has 4 N–H and O–H groups in total. The molecule has 0 saturated heterocycles. The van der Waals surface area contributed by atoms with Gasteiger partial charge in [0.05, 0.1) is 0 Å². The van der Waals surface area contributed by atoms with Crippen LogP contribution in [-0.2, 0) is 0 Å². The van der Waals surface area contributed by atoms with Crippen molar-refractivity contribution in [1.29, 1.82) is 0 Å². The zero-order valence-electron chi connectivity index (χ0n) is 6.58. The number of nitrogens with two attached hydrogens (primary N) is 1. The van der Waals surface area contributed by atoms with Gasteiger partial charge in [-0.3, -0.25) is 4.99 Å². The zero-order chi connectivity index (χ0) is 8.10. The molecule has 1 fully saturated rings. The van der Waals surface area contributed by atoms with Crippen molar-refractivity contribution in [1.82, 2.24) is 5.32 Å². The lowest BCUT2D eigenvalue weighted by Crippen LogP contribution is -2.33. The summed E-state index contributed by atoms with van der Waals surface area (Å²) < 4.78 is 0. The Morgan fingerprint density at radius 2 is 2.36 bits per heavy atom. The van der Waals surface area contributed by atoms with E-state index in [2.05, 4.69) is 10.3 Å². The van der Waals surface area contributed by atoms with Gasteiger partial charge in [0, 0.05) is 19.2 Å².